The topological polar surface area (TPSA) is 41.5 Å². The Bertz CT molecular complexity index is 630. The lowest BCUT2D eigenvalue weighted by Gasteiger charge is -2.17. The van der Waals surface area contributed by atoms with E-state index in [1.54, 1.807) is 0 Å². The molecule has 1 unspecified atom stereocenters. The first-order valence-corrected chi connectivity index (χ1v) is 8.38. The minimum atomic E-state index is 0.0646. The molecule has 23 heavy (non-hydrogen) atoms. The van der Waals surface area contributed by atoms with E-state index in [1.807, 2.05) is 49.4 Å². The van der Waals surface area contributed by atoms with Gasteiger partial charge in [-0.15, -0.1) is 0 Å². The van der Waals surface area contributed by atoms with Gasteiger partial charge in [0.2, 0.25) is 0 Å². The van der Waals surface area contributed by atoms with Crippen LogP contribution in [0.4, 0.5) is 0 Å². The van der Waals surface area contributed by atoms with Crippen molar-refractivity contribution in [2.45, 2.75) is 32.5 Å². The van der Waals surface area contributed by atoms with E-state index in [4.69, 9.17) is 27.9 Å². The van der Waals surface area contributed by atoms with Crippen LogP contribution in [0.1, 0.15) is 24.5 Å². The molecule has 2 aromatic carbocycles. The van der Waals surface area contributed by atoms with Gasteiger partial charge in [0, 0.05) is 28.2 Å². The van der Waals surface area contributed by atoms with Crippen LogP contribution in [0.15, 0.2) is 42.5 Å². The van der Waals surface area contributed by atoms with Crippen LogP contribution in [0.25, 0.3) is 0 Å². The second-order valence-corrected chi connectivity index (χ2v) is 6.21. The van der Waals surface area contributed by atoms with Crippen LogP contribution in [0.5, 0.6) is 5.75 Å². The summed E-state index contributed by atoms with van der Waals surface area (Å²) in [5, 5.41) is 13.9. The molecule has 0 radical (unpaired) electrons. The van der Waals surface area contributed by atoms with Gasteiger partial charge in [-0.1, -0.05) is 42.3 Å². The van der Waals surface area contributed by atoms with Crippen molar-refractivity contribution in [1.29, 1.82) is 0 Å². The smallest absolute Gasteiger partial charge is 0.124 e. The summed E-state index contributed by atoms with van der Waals surface area (Å²) in [7, 11) is 0. The van der Waals surface area contributed by atoms with E-state index in [-0.39, 0.29) is 12.6 Å². The third-order valence-corrected chi connectivity index (χ3v) is 4.07. The largest absolute Gasteiger partial charge is 0.489 e. The molecule has 2 N–H and O–H groups in total. The Labute approximate surface area is 147 Å². The summed E-state index contributed by atoms with van der Waals surface area (Å²) in [6.07, 6.45) is 0.857. The van der Waals surface area contributed by atoms with Crippen LogP contribution in [0.2, 0.25) is 10.0 Å². The zero-order chi connectivity index (χ0) is 16.7. The molecule has 2 rings (SSSR count). The molecule has 0 spiro atoms. The molecule has 124 valence electrons. The van der Waals surface area contributed by atoms with Gasteiger partial charge in [0.15, 0.2) is 0 Å². The molecular formula is C18H21Cl2NO2. The first-order valence-electron chi connectivity index (χ1n) is 7.62. The summed E-state index contributed by atoms with van der Waals surface area (Å²) in [4.78, 5) is 0. The molecule has 0 fully saturated rings. The van der Waals surface area contributed by atoms with E-state index in [2.05, 4.69) is 5.32 Å². The van der Waals surface area contributed by atoms with Gasteiger partial charge in [-0.25, -0.2) is 0 Å². The first-order chi connectivity index (χ1) is 11.1. The highest BCUT2D eigenvalue weighted by Crippen LogP contribution is 2.24. The van der Waals surface area contributed by atoms with Gasteiger partial charge in [-0.05, 0) is 42.3 Å². The van der Waals surface area contributed by atoms with Crippen molar-refractivity contribution in [3.05, 3.63) is 63.6 Å². The molecule has 1 atom stereocenters. The first kappa shape index (κ1) is 18.1. The average Bonchev–Trinajstić information content (AvgIpc) is 2.55. The van der Waals surface area contributed by atoms with Crippen molar-refractivity contribution < 1.29 is 9.84 Å². The van der Waals surface area contributed by atoms with Crippen molar-refractivity contribution in [3.8, 4) is 5.75 Å². The molecule has 0 saturated carbocycles. The Kier molecular flexibility index (Phi) is 7.18. The van der Waals surface area contributed by atoms with Gasteiger partial charge < -0.3 is 15.2 Å². The van der Waals surface area contributed by atoms with E-state index in [9.17, 15) is 5.11 Å². The van der Waals surface area contributed by atoms with Crippen LogP contribution in [-0.2, 0) is 13.2 Å². The molecule has 0 aliphatic heterocycles. The lowest BCUT2D eigenvalue weighted by atomic mass is 10.1. The fourth-order valence-electron chi connectivity index (χ4n) is 2.21. The molecule has 0 bridgehead atoms. The normalized spacial score (nSPS) is 12.2. The Morgan fingerprint density at radius 1 is 1.13 bits per heavy atom. The SMILES string of the molecule is CCC(CO)NCc1cc(Cl)ccc1OCc1cccc(Cl)c1. The monoisotopic (exact) mass is 353 g/mol. The molecule has 0 aliphatic rings. The van der Waals surface area contributed by atoms with E-state index in [0.29, 0.717) is 23.2 Å². The minimum absolute atomic E-state index is 0.0646. The van der Waals surface area contributed by atoms with E-state index in [1.165, 1.54) is 0 Å². The second-order valence-electron chi connectivity index (χ2n) is 5.34. The van der Waals surface area contributed by atoms with Crippen LogP contribution in [-0.4, -0.2) is 17.8 Å². The standard InChI is InChI=1S/C18H21Cl2NO2/c1-2-17(11-22)21-10-14-9-16(20)6-7-18(14)23-12-13-4-3-5-15(19)8-13/h3-9,17,21-22H,2,10-12H2,1H3. The number of ether oxygens (including phenoxy) is 1. The Balaban J connectivity index is 2.05. The Morgan fingerprint density at radius 3 is 2.61 bits per heavy atom. The quantitative estimate of drug-likeness (QED) is 0.737. The summed E-state index contributed by atoms with van der Waals surface area (Å²) >= 11 is 12.1. The number of halogens is 2. The van der Waals surface area contributed by atoms with Crippen molar-refractivity contribution in [2.75, 3.05) is 6.61 Å². The zero-order valence-electron chi connectivity index (χ0n) is 13.1. The number of hydrogen-bond acceptors (Lipinski definition) is 3. The molecule has 3 nitrogen and oxygen atoms in total. The molecule has 2 aromatic rings. The van der Waals surface area contributed by atoms with Gasteiger partial charge >= 0.3 is 0 Å². The van der Waals surface area contributed by atoms with Gasteiger partial charge in [-0.3, -0.25) is 0 Å². The predicted molar refractivity (Wildman–Crippen MR) is 95.2 cm³/mol. The Morgan fingerprint density at radius 2 is 1.91 bits per heavy atom. The Hall–Kier alpha value is -1.26. The third kappa shape index (κ3) is 5.70. The van der Waals surface area contributed by atoms with Gasteiger partial charge in [0.25, 0.3) is 0 Å². The second kappa shape index (κ2) is 9.14. The van der Waals surface area contributed by atoms with Crippen molar-refractivity contribution in [2.24, 2.45) is 0 Å². The molecule has 5 heteroatoms. The number of aliphatic hydroxyl groups excluding tert-OH is 1. The van der Waals surface area contributed by atoms with Crippen LogP contribution >= 0.6 is 23.2 Å². The van der Waals surface area contributed by atoms with Crippen molar-refractivity contribution in [3.63, 3.8) is 0 Å². The highest BCUT2D eigenvalue weighted by Gasteiger charge is 2.09. The predicted octanol–water partition coefficient (Wildman–Crippen LogP) is 4.43. The molecular weight excluding hydrogens is 333 g/mol. The molecule has 0 heterocycles. The summed E-state index contributed by atoms with van der Waals surface area (Å²) in [5.41, 5.74) is 1.97. The highest BCUT2D eigenvalue weighted by atomic mass is 35.5. The summed E-state index contributed by atoms with van der Waals surface area (Å²) in [6, 6.07) is 13.2. The fourth-order valence-corrected chi connectivity index (χ4v) is 2.61. The lowest BCUT2D eigenvalue weighted by molar-refractivity contribution is 0.237. The van der Waals surface area contributed by atoms with Crippen LogP contribution < -0.4 is 10.1 Å². The minimum Gasteiger partial charge on any atom is -0.489 e. The molecule has 0 amide bonds. The average molecular weight is 354 g/mol. The van der Waals surface area contributed by atoms with Gasteiger partial charge in [0.1, 0.15) is 12.4 Å². The van der Waals surface area contributed by atoms with Gasteiger partial charge in [-0.2, -0.15) is 0 Å². The summed E-state index contributed by atoms with van der Waals surface area (Å²) in [5.74, 6) is 0.773. The van der Waals surface area contributed by atoms with Crippen LogP contribution in [0.3, 0.4) is 0 Å². The lowest BCUT2D eigenvalue weighted by Crippen LogP contribution is -2.31. The maximum Gasteiger partial charge on any atom is 0.124 e. The van der Waals surface area contributed by atoms with E-state index >= 15 is 0 Å². The zero-order valence-corrected chi connectivity index (χ0v) is 14.6. The number of benzene rings is 2. The number of rotatable bonds is 8. The number of nitrogens with one attached hydrogen (secondary N) is 1. The molecule has 0 aromatic heterocycles. The van der Waals surface area contributed by atoms with E-state index in [0.717, 1.165) is 23.3 Å². The molecule has 0 saturated heterocycles. The van der Waals surface area contributed by atoms with Crippen molar-refractivity contribution in [1.82, 2.24) is 5.32 Å². The summed E-state index contributed by atoms with van der Waals surface area (Å²) < 4.78 is 5.91. The molecule has 0 aliphatic carbocycles. The maximum atomic E-state index is 9.27. The van der Waals surface area contributed by atoms with Crippen molar-refractivity contribution >= 4 is 23.2 Å². The van der Waals surface area contributed by atoms with Crippen LogP contribution in [0, 0.1) is 0 Å². The third-order valence-electron chi connectivity index (χ3n) is 3.60. The summed E-state index contributed by atoms with van der Waals surface area (Å²) in [6.45, 7) is 3.16. The fraction of sp³-hybridized carbons (Fsp3) is 0.333. The van der Waals surface area contributed by atoms with Gasteiger partial charge in [0.05, 0.1) is 6.61 Å². The number of hydrogen-bond donors (Lipinski definition) is 2. The maximum absolute atomic E-state index is 9.27. The van der Waals surface area contributed by atoms with E-state index < -0.39 is 0 Å². The number of aliphatic hydroxyl groups is 1. The highest BCUT2D eigenvalue weighted by molar-refractivity contribution is 6.30.